The number of benzene rings is 1. The number of pyridine rings is 1. The molecule has 2 amide bonds. The average Bonchev–Trinajstić information content (AvgIpc) is 2.84. The molecule has 0 radical (unpaired) electrons. The van der Waals surface area contributed by atoms with E-state index in [4.69, 9.17) is 5.11 Å². The first kappa shape index (κ1) is 29.9. The number of carboxylic acid groups (broad SMARTS) is 1. The Hall–Kier alpha value is -3.61. The second-order valence-electron chi connectivity index (χ2n) is 10.8. The fraction of sp³-hybridized carbons (Fsp3) is 0.500. The van der Waals surface area contributed by atoms with Crippen molar-refractivity contribution in [3.05, 3.63) is 67.6 Å². The van der Waals surface area contributed by atoms with E-state index in [-0.39, 0.29) is 36.1 Å². The smallest absolute Gasteiger partial charge is 0.404 e. The van der Waals surface area contributed by atoms with E-state index >= 15 is 0 Å². The topological polar surface area (TPSA) is 127 Å². The van der Waals surface area contributed by atoms with Crippen molar-refractivity contribution in [1.29, 1.82) is 0 Å². The van der Waals surface area contributed by atoms with Gasteiger partial charge in [0.25, 0.3) is 11.5 Å². The minimum Gasteiger partial charge on any atom is -0.465 e. The fourth-order valence-electron chi connectivity index (χ4n) is 5.18. The number of aryl methyl sites for hydroxylation is 2. The Labute approximate surface area is 230 Å². The van der Waals surface area contributed by atoms with Crippen LogP contribution in [-0.2, 0) is 6.54 Å². The molecule has 1 heterocycles. The van der Waals surface area contributed by atoms with Crippen LogP contribution in [0.1, 0.15) is 82.5 Å². The van der Waals surface area contributed by atoms with Crippen LogP contribution < -0.4 is 21.5 Å². The summed E-state index contributed by atoms with van der Waals surface area (Å²) in [4.78, 5) is 41.6. The Morgan fingerprint density at radius 1 is 1.10 bits per heavy atom. The lowest BCUT2D eigenvalue weighted by atomic mass is 9.89. The van der Waals surface area contributed by atoms with Crippen molar-refractivity contribution in [2.75, 3.05) is 20.6 Å². The molecule has 1 atom stereocenters. The maximum absolute atomic E-state index is 13.4. The summed E-state index contributed by atoms with van der Waals surface area (Å²) in [5, 5.41) is 18.2. The van der Waals surface area contributed by atoms with Crippen LogP contribution in [0.5, 0.6) is 0 Å². The van der Waals surface area contributed by atoms with Gasteiger partial charge in [-0.05, 0) is 102 Å². The van der Waals surface area contributed by atoms with E-state index in [1.165, 1.54) is 0 Å². The van der Waals surface area contributed by atoms with Gasteiger partial charge < -0.3 is 26.0 Å². The van der Waals surface area contributed by atoms with Crippen molar-refractivity contribution in [3.63, 3.8) is 0 Å². The van der Waals surface area contributed by atoms with Gasteiger partial charge in [0.15, 0.2) is 0 Å². The molecule has 9 nitrogen and oxygen atoms in total. The normalized spacial score (nSPS) is 17.7. The van der Waals surface area contributed by atoms with Crippen LogP contribution in [0.4, 0.5) is 4.79 Å². The first-order valence-electron chi connectivity index (χ1n) is 13.5. The van der Waals surface area contributed by atoms with Gasteiger partial charge >= 0.3 is 6.09 Å². The molecule has 1 saturated carbocycles. The van der Waals surface area contributed by atoms with Gasteiger partial charge in [0.1, 0.15) is 0 Å². The second kappa shape index (κ2) is 13.5. The SMILES string of the molecule is Cc1cc(C)c(CNC(=O)c2cc(C#CCN(C)C)cc(C(C)N[C@H]3CC[C@H](NC(=O)O)CC3)c2C)c(=O)[nH]1. The van der Waals surface area contributed by atoms with Crippen molar-refractivity contribution >= 4 is 12.0 Å². The summed E-state index contributed by atoms with van der Waals surface area (Å²) in [6.45, 7) is 8.45. The molecule has 1 unspecified atom stereocenters. The van der Waals surface area contributed by atoms with Gasteiger partial charge in [-0.25, -0.2) is 4.79 Å². The number of H-pyrrole nitrogens is 1. The molecule has 1 fully saturated rings. The largest absolute Gasteiger partial charge is 0.465 e. The number of hydrogen-bond acceptors (Lipinski definition) is 5. The third-order valence-corrected chi connectivity index (χ3v) is 7.25. The Bertz CT molecular complexity index is 1310. The Morgan fingerprint density at radius 3 is 2.38 bits per heavy atom. The molecule has 39 heavy (non-hydrogen) atoms. The third kappa shape index (κ3) is 8.44. The predicted octanol–water partition coefficient (Wildman–Crippen LogP) is 3.37. The Balaban J connectivity index is 1.83. The van der Waals surface area contributed by atoms with Crippen molar-refractivity contribution in [3.8, 4) is 11.8 Å². The van der Waals surface area contributed by atoms with Gasteiger partial charge in [-0.1, -0.05) is 11.8 Å². The number of carbonyl (C=O) groups is 2. The third-order valence-electron chi connectivity index (χ3n) is 7.25. The van der Waals surface area contributed by atoms with Crippen molar-refractivity contribution in [2.24, 2.45) is 0 Å². The van der Waals surface area contributed by atoms with Crippen LogP contribution >= 0.6 is 0 Å². The minimum absolute atomic E-state index is 0.00686. The lowest BCUT2D eigenvalue weighted by Crippen LogP contribution is -2.42. The summed E-state index contributed by atoms with van der Waals surface area (Å²) < 4.78 is 0. The van der Waals surface area contributed by atoms with Crippen LogP contribution in [0.15, 0.2) is 23.0 Å². The van der Waals surface area contributed by atoms with Gasteiger partial charge in [-0.2, -0.15) is 0 Å². The van der Waals surface area contributed by atoms with E-state index in [0.29, 0.717) is 17.7 Å². The van der Waals surface area contributed by atoms with E-state index in [1.54, 1.807) is 0 Å². The zero-order valence-corrected chi connectivity index (χ0v) is 23.8. The zero-order valence-electron chi connectivity index (χ0n) is 23.8. The molecule has 3 rings (SSSR count). The van der Waals surface area contributed by atoms with E-state index in [2.05, 4.69) is 39.7 Å². The number of carbonyl (C=O) groups excluding carboxylic acids is 1. The van der Waals surface area contributed by atoms with Crippen molar-refractivity contribution < 1.29 is 14.7 Å². The predicted molar refractivity (Wildman–Crippen MR) is 153 cm³/mol. The van der Waals surface area contributed by atoms with Crippen LogP contribution in [0.3, 0.4) is 0 Å². The van der Waals surface area contributed by atoms with E-state index in [1.807, 2.05) is 58.0 Å². The fourth-order valence-corrected chi connectivity index (χ4v) is 5.18. The summed E-state index contributed by atoms with van der Waals surface area (Å²) in [6.07, 6.45) is 2.34. The van der Waals surface area contributed by atoms with Gasteiger partial charge in [0, 0.05) is 47.1 Å². The number of rotatable bonds is 8. The van der Waals surface area contributed by atoms with Crippen LogP contribution in [0, 0.1) is 32.6 Å². The summed E-state index contributed by atoms with van der Waals surface area (Å²) in [5.74, 6) is 6.10. The van der Waals surface area contributed by atoms with Crippen LogP contribution in [0.2, 0.25) is 0 Å². The van der Waals surface area contributed by atoms with Crippen LogP contribution in [0.25, 0.3) is 0 Å². The summed E-state index contributed by atoms with van der Waals surface area (Å²) in [7, 11) is 3.91. The number of amides is 2. The molecule has 1 aliphatic carbocycles. The number of hydrogen-bond donors (Lipinski definition) is 5. The molecule has 2 aromatic rings. The zero-order chi connectivity index (χ0) is 28.7. The molecule has 0 spiro atoms. The minimum atomic E-state index is -0.976. The Kier molecular flexibility index (Phi) is 10.3. The summed E-state index contributed by atoms with van der Waals surface area (Å²) in [6, 6.07) is 5.96. The van der Waals surface area contributed by atoms with Crippen molar-refractivity contribution in [1.82, 2.24) is 25.8 Å². The molecule has 0 saturated heterocycles. The molecule has 5 N–H and O–H groups in total. The lowest BCUT2D eigenvalue weighted by molar-refractivity contribution is 0.0950. The highest BCUT2D eigenvalue weighted by molar-refractivity contribution is 5.96. The van der Waals surface area contributed by atoms with Crippen LogP contribution in [-0.4, -0.2) is 59.7 Å². The van der Waals surface area contributed by atoms with Gasteiger partial charge in [0.05, 0.1) is 6.54 Å². The lowest BCUT2D eigenvalue weighted by Gasteiger charge is -2.32. The van der Waals surface area contributed by atoms with Gasteiger partial charge in [-0.3, -0.25) is 14.5 Å². The quantitative estimate of drug-likeness (QED) is 0.330. The van der Waals surface area contributed by atoms with Gasteiger partial charge in [0.2, 0.25) is 0 Å². The molecular weight excluding hydrogens is 494 g/mol. The monoisotopic (exact) mass is 535 g/mol. The highest BCUT2D eigenvalue weighted by Gasteiger charge is 2.25. The Morgan fingerprint density at radius 2 is 1.77 bits per heavy atom. The molecule has 0 aliphatic heterocycles. The van der Waals surface area contributed by atoms with Gasteiger partial charge in [-0.15, -0.1) is 0 Å². The van der Waals surface area contributed by atoms with E-state index in [0.717, 1.165) is 53.6 Å². The molecule has 1 aromatic heterocycles. The average molecular weight is 536 g/mol. The van der Waals surface area contributed by atoms with E-state index < -0.39 is 6.09 Å². The summed E-state index contributed by atoms with van der Waals surface area (Å²) in [5.41, 5.74) is 5.11. The molecule has 0 bridgehead atoms. The number of nitrogens with zero attached hydrogens (tertiary/aromatic N) is 1. The molecule has 210 valence electrons. The maximum Gasteiger partial charge on any atom is 0.404 e. The first-order valence-corrected chi connectivity index (χ1v) is 13.5. The molecule has 1 aliphatic rings. The highest BCUT2D eigenvalue weighted by atomic mass is 16.4. The number of aromatic nitrogens is 1. The van der Waals surface area contributed by atoms with E-state index in [9.17, 15) is 14.4 Å². The molecular formula is C30H41N5O4. The molecule has 9 heteroatoms. The number of aromatic amines is 1. The maximum atomic E-state index is 13.4. The molecule has 1 aromatic carbocycles. The second-order valence-corrected chi connectivity index (χ2v) is 10.8. The highest BCUT2D eigenvalue weighted by Crippen LogP contribution is 2.26. The summed E-state index contributed by atoms with van der Waals surface area (Å²) >= 11 is 0. The van der Waals surface area contributed by atoms with Crippen molar-refractivity contribution in [2.45, 2.75) is 78.0 Å². The first-order chi connectivity index (χ1) is 18.4. The standard InChI is InChI=1S/C30H41N5O4/c1-18-14-19(2)32-29(37)27(18)17-31-28(36)26-16-22(8-7-13-35(5)6)15-25(20(26)3)21(4)33-23-9-11-24(12-10-23)34-30(38)39/h14-16,21,23-24,33-34H,9-13,17H2,1-6H3,(H,31,36)(H,32,37)(H,38,39)/t21?,23-,24-. The number of nitrogens with one attached hydrogen (secondary N) is 4.